The van der Waals surface area contributed by atoms with Crippen molar-refractivity contribution in [3.63, 3.8) is 0 Å². The van der Waals surface area contributed by atoms with Crippen LogP contribution in [0, 0.1) is 6.92 Å². The predicted octanol–water partition coefficient (Wildman–Crippen LogP) is 6.96. The quantitative estimate of drug-likeness (QED) is 0.256. The minimum absolute atomic E-state index is 0.0238. The van der Waals surface area contributed by atoms with Gasteiger partial charge in [0.05, 0.1) is 27.5 Å². The Hall–Kier alpha value is -4.31. The number of alkyl halides is 3. The van der Waals surface area contributed by atoms with Crippen molar-refractivity contribution < 1.29 is 18.0 Å². The number of hydrogen-bond donors (Lipinski definition) is 2. The Kier molecular flexibility index (Phi) is 7.77. The van der Waals surface area contributed by atoms with Gasteiger partial charge in [0.1, 0.15) is 0 Å². The Balaban J connectivity index is 1.28. The van der Waals surface area contributed by atoms with Gasteiger partial charge >= 0.3 is 12.2 Å². The third kappa shape index (κ3) is 6.07. The minimum Gasteiger partial charge on any atom is -0.368 e. The minimum atomic E-state index is -4.62. The van der Waals surface area contributed by atoms with Crippen LogP contribution in [0.4, 0.5) is 35.0 Å². The molecule has 0 aromatic heterocycles. The normalized spacial score (nSPS) is 14.4. The Morgan fingerprint density at radius 2 is 1.73 bits per heavy atom. The average Bonchev–Trinajstić information content (AvgIpc) is 3.08. The van der Waals surface area contributed by atoms with Crippen molar-refractivity contribution in [2.75, 3.05) is 36.4 Å². The number of nitrogens with zero attached hydrogens (tertiary/aromatic N) is 3. The maximum Gasteiger partial charge on any atom is 0.417 e. The SMILES string of the molecule is CC(=Nc1cc(N2CCN(C(=O)Nc3ccc(Cl)c(C(F)(F)F)c3)CC2)ccc1C)c1c2cccccc-2[nH]c1=O. The van der Waals surface area contributed by atoms with Crippen LogP contribution in [0.2, 0.25) is 5.02 Å². The van der Waals surface area contributed by atoms with E-state index in [0.717, 1.165) is 40.3 Å². The molecule has 0 atom stereocenters. The predicted molar refractivity (Wildman–Crippen MR) is 156 cm³/mol. The second kappa shape index (κ2) is 11.3. The number of rotatable bonds is 4. The molecular weight excluding hydrogens is 555 g/mol. The maximum absolute atomic E-state index is 13.2. The molecule has 0 spiro atoms. The first-order valence-corrected chi connectivity index (χ1v) is 13.3. The number of nitrogens with one attached hydrogen (secondary N) is 2. The number of halogens is 4. The highest BCUT2D eigenvalue weighted by Gasteiger charge is 2.33. The molecule has 0 unspecified atom stereocenters. The second-order valence-electron chi connectivity index (χ2n) is 9.83. The number of carbonyl (C=O) groups excluding carboxylic acids is 1. The van der Waals surface area contributed by atoms with Gasteiger partial charge in [-0.1, -0.05) is 41.9 Å². The van der Waals surface area contributed by atoms with Crippen LogP contribution in [0.3, 0.4) is 0 Å². The molecule has 2 aromatic rings. The summed E-state index contributed by atoms with van der Waals surface area (Å²) >= 11 is 5.68. The van der Waals surface area contributed by atoms with Crippen molar-refractivity contribution in [3.05, 3.63) is 98.8 Å². The standard InChI is InChI=1S/C30H27ClF3N5O2/c1-18-8-10-21(17-26(18)35-19(2)27-22-6-4-3-5-7-25(22)37-28(27)40)38-12-14-39(15-13-38)29(41)36-20-9-11-24(31)23(16-20)30(32,33)34/h3-11,16-17H,12-15H2,1-2H3,(H,36,41)(H,37,40). The number of aromatic nitrogens is 1. The molecule has 11 heteroatoms. The summed E-state index contributed by atoms with van der Waals surface area (Å²) in [7, 11) is 0. The monoisotopic (exact) mass is 581 g/mol. The van der Waals surface area contributed by atoms with E-state index in [9.17, 15) is 22.8 Å². The summed E-state index contributed by atoms with van der Waals surface area (Å²) in [6, 6.07) is 18.1. The number of aliphatic imine (C=N–C) groups is 1. The first-order valence-electron chi connectivity index (χ1n) is 13.0. The molecule has 2 heterocycles. The third-order valence-electron chi connectivity index (χ3n) is 7.08. The summed E-state index contributed by atoms with van der Waals surface area (Å²) < 4.78 is 39.5. The lowest BCUT2D eigenvalue weighted by Gasteiger charge is -2.36. The molecule has 7 nitrogen and oxygen atoms in total. The first kappa shape index (κ1) is 28.2. The summed E-state index contributed by atoms with van der Waals surface area (Å²) in [5, 5.41) is 2.11. The van der Waals surface area contributed by atoms with Crippen LogP contribution < -0.4 is 15.8 Å². The Morgan fingerprint density at radius 1 is 1.00 bits per heavy atom. The molecule has 2 N–H and O–H groups in total. The molecule has 0 radical (unpaired) electrons. The van der Waals surface area contributed by atoms with Gasteiger partial charge in [-0.3, -0.25) is 9.79 Å². The van der Waals surface area contributed by atoms with E-state index in [4.69, 9.17) is 16.6 Å². The van der Waals surface area contributed by atoms with Crippen molar-refractivity contribution >= 4 is 40.4 Å². The van der Waals surface area contributed by atoms with E-state index in [1.54, 1.807) is 4.90 Å². The van der Waals surface area contributed by atoms with E-state index >= 15 is 0 Å². The van der Waals surface area contributed by atoms with Crippen LogP contribution in [-0.2, 0) is 6.18 Å². The maximum atomic E-state index is 13.2. The molecule has 2 amide bonds. The summed E-state index contributed by atoms with van der Waals surface area (Å²) in [5.74, 6) is 0. The van der Waals surface area contributed by atoms with Crippen molar-refractivity contribution in [1.82, 2.24) is 9.88 Å². The van der Waals surface area contributed by atoms with Gasteiger partial charge < -0.3 is 20.1 Å². The number of aromatic amines is 1. The van der Waals surface area contributed by atoms with Crippen molar-refractivity contribution in [3.8, 4) is 11.3 Å². The fourth-order valence-corrected chi connectivity index (χ4v) is 5.11. The molecule has 1 aliphatic carbocycles. The van der Waals surface area contributed by atoms with Gasteiger partial charge in [-0.25, -0.2) is 4.79 Å². The molecule has 1 fully saturated rings. The highest BCUT2D eigenvalue weighted by Crippen LogP contribution is 2.36. The molecule has 2 aromatic carbocycles. The average molecular weight is 582 g/mol. The lowest BCUT2D eigenvalue weighted by molar-refractivity contribution is -0.137. The topological polar surface area (TPSA) is 80.8 Å². The number of hydrogen-bond acceptors (Lipinski definition) is 4. The lowest BCUT2D eigenvalue weighted by Crippen LogP contribution is -2.50. The van der Waals surface area contributed by atoms with E-state index in [1.807, 2.05) is 62.4 Å². The molecule has 0 saturated carbocycles. The van der Waals surface area contributed by atoms with E-state index in [-0.39, 0.29) is 11.2 Å². The molecule has 1 saturated heterocycles. The van der Waals surface area contributed by atoms with E-state index in [0.29, 0.717) is 37.5 Å². The van der Waals surface area contributed by atoms with Crippen molar-refractivity contribution in [2.24, 2.45) is 4.99 Å². The molecule has 3 aliphatic rings. The fraction of sp³-hybridized carbons (Fsp3) is 0.233. The van der Waals surface area contributed by atoms with Gasteiger partial charge in [0.25, 0.3) is 5.56 Å². The van der Waals surface area contributed by atoms with Crippen LogP contribution in [0.15, 0.2) is 76.5 Å². The lowest BCUT2D eigenvalue weighted by atomic mass is 10.1. The number of H-pyrrole nitrogens is 1. The molecule has 212 valence electrons. The zero-order chi connectivity index (χ0) is 29.3. The fourth-order valence-electron chi connectivity index (χ4n) is 4.88. The smallest absolute Gasteiger partial charge is 0.368 e. The number of amides is 2. The summed E-state index contributed by atoms with van der Waals surface area (Å²) in [5.41, 5.74) is 4.12. The van der Waals surface area contributed by atoms with E-state index in [2.05, 4.69) is 15.2 Å². The largest absolute Gasteiger partial charge is 0.417 e. The summed E-state index contributed by atoms with van der Waals surface area (Å²) in [6.07, 6.45) is -4.62. The van der Waals surface area contributed by atoms with Gasteiger partial charge in [-0.2, -0.15) is 13.2 Å². The molecule has 5 rings (SSSR count). The van der Waals surface area contributed by atoms with Gasteiger partial charge in [-0.05, 0) is 55.8 Å². The third-order valence-corrected chi connectivity index (χ3v) is 7.41. The van der Waals surface area contributed by atoms with E-state index in [1.165, 1.54) is 6.07 Å². The zero-order valence-electron chi connectivity index (χ0n) is 22.3. The Morgan fingerprint density at radius 3 is 2.46 bits per heavy atom. The van der Waals surface area contributed by atoms with Crippen LogP contribution in [0.1, 0.15) is 23.6 Å². The summed E-state index contributed by atoms with van der Waals surface area (Å²) in [4.78, 5) is 36.9. The van der Waals surface area contributed by atoms with Crippen LogP contribution in [0.25, 0.3) is 11.3 Å². The molecule has 2 aliphatic heterocycles. The molecular formula is C30H27ClF3N5O2. The van der Waals surface area contributed by atoms with Gasteiger partial charge in [-0.15, -0.1) is 0 Å². The van der Waals surface area contributed by atoms with Gasteiger partial charge in [0.15, 0.2) is 0 Å². The number of carbonyl (C=O) groups is 1. The molecule has 0 bridgehead atoms. The highest BCUT2D eigenvalue weighted by molar-refractivity contribution is 6.31. The summed E-state index contributed by atoms with van der Waals surface area (Å²) in [6.45, 7) is 5.57. The molecule has 41 heavy (non-hydrogen) atoms. The Labute approximate surface area is 239 Å². The zero-order valence-corrected chi connectivity index (χ0v) is 23.1. The highest BCUT2D eigenvalue weighted by atomic mass is 35.5. The number of benzene rings is 2. The van der Waals surface area contributed by atoms with Crippen LogP contribution in [0.5, 0.6) is 0 Å². The Bertz CT molecular complexity index is 1660. The number of piperazine rings is 1. The van der Waals surface area contributed by atoms with E-state index < -0.39 is 22.8 Å². The number of fused-ring (bicyclic) bond motifs is 1. The second-order valence-corrected chi connectivity index (χ2v) is 10.2. The number of aryl methyl sites for hydroxylation is 1. The van der Waals surface area contributed by atoms with Crippen LogP contribution >= 0.6 is 11.6 Å². The van der Waals surface area contributed by atoms with Gasteiger partial charge in [0.2, 0.25) is 0 Å². The first-order chi connectivity index (χ1) is 19.5. The van der Waals surface area contributed by atoms with Gasteiger partial charge in [0, 0.05) is 48.8 Å². The van der Waals surface area contributed by atoms with Crippen molar-refractivity contribution in [2.45, 2.75) is 20.0 Å². The van der Waals surface area contributed by atoms with Crippen molar-refractivity contribution in [1.29, 1.82) is 0 Å². The van der Waals surface area contributed by atoms with Crippen LogP contribution in [-0.4, -0.2) is 47.8 Å². The number of anilines is 2. The number of urea groups is 1.